The van der Waals surface area contributed by atoms with Crippen molar-refractivity contribution in [1.29, 1.82) is 0 Å². The van der Waals surface area contributed by atoms with Gasteiger partial charge in [0.1, 0.15) is 5.82 Å². The Hall–Kier alpha value is -3.25. The van der Waals surface area contributed by atoms with Crippen LogP contribution in [0.1, 0.15) is 11.1 Å². The molecule has 0 amide bonds. The van der Waals surface area contributed by atoms with Crippen molar-refractivity contribution in [2.45, 2.75) is 20.0 Å². The van der Waals surface area contributed by atoms with Crippen molar-refractivity contribution in [3.05, 3.63) is 90.4 Å². The van der Waals surface area contributed by atoms with Crippen molar-refractivity contribution < 1.29 is 4.39 Å². The highest BCUT2D eigenvalue weighted by molar-refractivity contribution is 5.63. The van der Waals surface area contributed by atoms with Gasteiger partial charge in [0.2, 0.25) is 0 Å². The molecule has 0 N–H and O–H groups in total. The molecule has 0 radical (unpaired) electrons. The minimum Gasteiger partial charge on any atom is -0.336 e. The van der Waals surface area contributed by atoms with Crippen LogP contribution in [0.25, 0.3) is 16.9 Å². The van der Waals surface area contributed by atoms with Crippen LogP contribution in [-0.4, -0.2) is 37.8 Å². The molecule has 2 aromatic carbocycles. The predicted molar refractivity (Wildman–Crippen MR) is 112 cm³/mol. The van der Waals surface area contributed by atoms with Gasteiger partial charge in [-0.25, -0.2) is 14.1 Å². The minimum absolute atomic E-state index is 0.245. The standard InChI is InChI=1S/C23H24FN5/c1-18-3-9-22(10-4-18)29-16-20(15-27(2)13-14-28-12-11-25-17-28)23(26-29)19-5-7-21(24)8-6-19/h3-12,16-17H,13-15H2,1-2H3. The summed E-state index contributed by atoms with van der Waals surface area (Å²) in [5, 5.41) is 4.83. The Morgan fingerprint density at radius 3 is 2.48 bits per heavy atom. The number of aromatic nitrogens is 4. The van der Waals surface area contributed by atoms with Crippen molar-refractivity contribution in [1.82, 2.24) is 24.2 Å². The second-order valence-electron chi connectivity index (χ2n) is 7.33. The first-order chi connectivity index (χ1) is 14.1. The van der Waals surface area contributed by atoms with E-state index in [1.165, 1.54) is 17.7 Å². The molecule has 0 fully saturated rings. The second-order valence-corrected chi connectivity index (χ2v) is 7.33. The molecule has 0 spiro atoms. The SMILES string of the molecule is Cc1ccc(-n2cc(CN(C)CCn3ccnc3)c(-c3ccc(F)cc3)n2)cc1. The third-order valence-electron chi connectivity index (χ3n) is 4.95. The molecule has 0 saturated carbocycles. The average molecular weight is 389 g/mol. The normalized spacial score (nSPS) is 11.3. The molecule has 29 heavy (non-hydrogen) atoms. The number of benzene rings is 2. The van der Waals surface area contributed by atoms with E-state index in [9.17, 15) is 4.39 Å². The molecule has 0 aliphatic rings. The number of likely N-dealkylation sites (N-methyl/N-ethyl adjacent to an activating group) is 1. The molecule has 4 aromatic rings. The van der Waals surface area contributed by atoms with Crippen molar-refractivity contribution in [3.63, 3.8) is 0 Å². The first-order valence-corrected chi connectivity index (χ1v) is 9.64. The number of hydrogen-bond acceptors (Lipinski definition) is 3. The molecular weight excluding hydrogens is 365 g/mol. The highest BCUT2D eigenvalue weighted by Crippen LogP contribution is 2.25. The van der Waals surface area contributed by atoms with Gasteiger partial charge in [0, 0.05) is 49.4 Å². The monoisotopic (exact) mass is 389 g/mol. The summed E-state index contributed by atoms with van der Waals surface area (Å²) in [4.78, 5) is 6.34. The van der Waals surface area contributed by atoms with Gasteiger partial charge in [-0.05, 0) is 50.4 Å². The lowest BCUT2D eigenvalue weighted by Crippen LogP contribution is -2.22. The summed E-state index contributed by atoms with van der Waals surface area (Å²) in [6.07, 6.45) is 7.65. The maximum Gasteiger partial charge on any atom is 0.123 e. The van der Waals surface area contributed by atoms with Crippen LogP contribution < -0.4 is 0 Å². The fraction of sp³-hybridized carbons (Fsp3) is 0.217. The lowest BCUT2D eigenvalue weighted by molar-refractivity contribution is 0.312. The van der Waals surface area contributed by atoms with Crippen molar-refractivity contribution in [2.24, 2.45) is 0 Å². The summed E-state index contributed by atoms with van der Waals surface area (Å²) >= 11 is 0. The molecule has 5 nitrogen and oxygen atoms in total. The maximum absolute atomic E-state index is 13.4. The number of nitrogens with zero attached hydrogens (tertiary/aromatic N) is 5. The zero-order valence-electron chi connectivity index (χ0n) is 16.7. The Bertz CT molecular complexity index is 1050. The first kappa shape index (κ1) is 19.1. The van der Waals surface area contributed by atoms with E-state index in [1.807, 2.05) is 17.2 Å². The van der Waals surface area contributed by atoms with Crippen molar-refractivity contribution >= 4 is 0 Å². The van der Waals surface area contributed by atoms with E-state index in [0.717, 1.165) is 42.1 Å². The number of aryl methyl sites for hydroxylation is 1. The summed E-state index contributed by atoms with van der Waals surface area (Å²) < 4.78 is 17.4. The largest absolute Gasteiger partial charge is 0.336 e. The number of halogens is 1. The van der Waals surface area contributed by atoms with Crippen LogP contribution in [0.15, 0.2) is 73.4 Å². The molecular formula is C23H24FN5. The Balaban J connectivity index is 1.61. The topological polar surface area (TPSA) is 38.9 Å². The van der Waals surface area contributed by atoms with E-state index in [0.29, 0.717) is 0 Å². The van der Waals surface area contributed by atoms with Crippen molar-refractivity contribution in [2.75, 3.05) is 13.6 Å². The van der Waals surface area contributed by atoms with Crippen molar-refractivity contribution in [3.8, 4) is 16.9 Å². The zero-order chi connectivity index (χ0) is 20.2. The molecule has 6 heteroatoms. The van der Waals surface area contributed by atoms with Gasteiger partial charge in [-0.1, -0.05) is 17.7 Å². The second kappa shape index (κ2) is 8.41. The van der Waals surface area contributed by atoms with Crippen LogP contribution in [0.2, 0.25) is 0 Å². The van der Waals surface area contributed by atoms with E-state index in [4.69, 9.17) is 5.10 Å². The molecule has 0 aliphatic heterocycles. The zero-order valence-corrected chi connectivity index (χ0v) is 16.7. The summed E-state index contributed by atoms with van der Waals surface area (Å²) in [5.74, 6) is -0.245. The molecule has 2 aromatic heterocycles. The van der Waals surface area contributed by atoms with Crippen LogP contribution in [-0.2, 0) is 13.1 Å². The van der Waals surface area contributed by atoms with Gasteiger partial charge in [0.25, 0.3) is 0 Å². The lowest BCUT2D eigenvalue weighted by Gasteiger charge is -2.16. The van der Waals surface area contributed by atoms with Crippen LogP contribution in [0.3, 0.4) is 0 Å². The van der Waals surface area contributed by atoms with Gasteiger partial charge in [-0.3, -0.25) is 0 Å². The van der Waals surface area contributed by atoms with E-state index in [1.54, 1.807) is 18.3 Å². The number of imidazole rings is 1. The summed E-state index contributed by atoms with van der Waals surface area (Å²) in [5.41, 5.74) is 5.10. The molecule has 0 saturated heterocycles. The molecule has 0 aliphatic carbocycles. The van der Waals surface area contributed by atoms with Crippen LogP contribution in [0.4, 0.5) is 4.39 Å². The molecule has 0 atom stereocenters. The minimum atomic E-state index is -0.245. The number of rotatable bonds is 7. The fourth-order valence-corrected chi connectivity index (χ4v) is 3.28. The summed E-state index contributed by atoms with van der Waals surface area (Å²) in [6, 6.07) is 14.8. The lowest BCUT2D eigenvalue weighted by atomic mass is 10.1. The van der Waals surface area contributed by atoms with Gasteiger partial charge < -0.3 is 9.47 Å². The first-order valence-electron chi connectivity index (χ1n) is 9.64. The fourth-order valence-electron chi connectivity index (χ4n) is 3.28. The maximum atomic E-state index is 13.4. The molecule has 148 valence electrons. The molecule has 2 heterocycles. The molecule has 0 unspecified atom stereocenters. The third kappa shape index (κ3) is 4.60. The van der Waals surface area contributed by atoms with Gasteiger partial charge in [0.05, 0.1) is 17.7 Å². The Morgan fingerprint density at radius 1 is 1.03 bits per heavy atom. The van der Waals surface area contributed by atoms with E-state index >= 15 is 0 Å². The quantitative estimate of drug-likeness (QED) is 0.473. The van der Waals surface area contributed by atoms with Crippen LogP contribution in [0, 0.1) is 12.7 Å². The molecule has 0 bridgehead atoms. The van der Waals surface area contributed by atoms with Gasteiger partial charge in [0.15, 0.2) is 0 Å². The summed E-state index contributed by atoms with van der Waals surface area (Å²) in [6.45, 7) is 4.56. The van der Waals surface area contributed by atoms with Crippen LogP contribution >= 0.6 is 0 Å². The highest BCUT2D eigenvalue weighted by Gasteiger charge is 2.14. The third-order valence-corrected chi connectivity index (χ3v) is 4.95. The summed E-state index contributed by atoms with van der Waals surface area (Å²) in [7, 11) is 2.09. The van der Waals surface area contributed by atoms with Gasteiger partial charge >= 0.3 is 0 Å². The van der Waals surface area contributed by atoms with Crippen LogP contribution in [0.5, 0.6) is 0 Å². The van der Waals surface area contributed by atoms with Gasteiger partial charge in [-0.2, -0.15) is 5.10 Å². The van der Waals surface area contributed by atoms with E-state index < -0.39 is 0 Å². The predicted octanol–water partition coefficient (Wildman–Crippen LogP) is 4.32. The van der Waals surface area contributed by atoms with Gasteiger partial charge in [-0.15, -0.1) is 0 Å². The smallest absolute Gasteiger partial charge is 0.123 e. The Morgan fingerprint density at radius 2 is 1.79 bits per heavy atom. The Kier molecular flexibility index (Phi) is 5.53. The van der Waals surface area contributed by atoms with E-state index in [2.05, 4.69) is 58.9 Å². The average Bonchev–Trinajstić information content (AvgIpc) is 3.38. The number of hydrogen-bond donors (Lipinski definition) is 0. The van der Waals surface area contributed by atoms with E-state index in [-0.39, 0.29) is 5.82 Å². The Labute approximate surface area is 170 Å². The molecule has 4 rings (SSSR count). The highest BCUT2D eigenvalue weighted by atomic mass is 19.1.